The third-order valence-electron chi connectivity index (χ3n) is 5.07. The first kappa shape index (κ1) is 13.7. The number of hydrogen-bond donors (Lipinski definition) is 1. The van der Waals surface area contributed by atoms with Crippen molar-refractivity contribution in [3.05, 3.63) is 0 Å². The van der Waals surface area contributed by atoms with E-state index in [0.717, 1.165) is 12.5 Å². The number of rotatable bonds is 2. The first-order valence-corrected chi connectivity index (χ1v) is 8.20. The molecule has 2 atom stereocenters. The van der Waals surface area contributed by atoms with E-state index >= 15 is 0 Å². The second-order valence-electron chi connectivity index (χ2n) is 6.62. The minimum Gasteiger partial charge on any atom is -0.329 e. The van der Waals surface area contributed by atoms with Crippen LogP contribution in [0, 0.1) is 11.3 Å². The standard InChI is InChI=1S/C14H28N2S/c1-12-5-4-7-16(9-12)14(10-15)11-17-8-6-13(14,2)3/h12H,4-11,15H2,1-3H3. The van der Waals surface area contributed by atoms with Gasteiger partial charge in [-0.05, 0) is 42.9 Å². The Morgan fingerprint density at radius 3 is 2.76 bits per heavy atom. The summed E-state index contributed by atoms with van der Waals surface area (Å²) in [4.78, 5) is 2.73. The van der Waals surface area contributed by atoms with Gasteiger partial charge >= 0.3 is 0 Å². The first-order chi connectivity index (χ1) is 8.02. The van der Waals surface area contributed by atoms with Gasteiger partial charge in [0.15, 0.2) is 0 Å². The highest BCUT2D eigenvalue weighted by molar-refractivity contribution is 7.99. The highest BCUT2D eigenvalue weighted by Gasteiger charge is 2.50. The predicted octanol–water partition coefficient (Wildman–Crippen LogP) is 2.58. The van der Waals surface area contributed by atoms with Crippen molar-refractivity contribution in [1.82, 2.24) is 4.90 Å². The first-order valence-electron chi connectivity index (χ1n) is 7.05. The van der Waals surface area contributed by atoms with Gasteiger partial charge in [-0.3, -0.25) is 4.90 Å². The van der Waals surface area contributed by atoms with E-state index in [1.807, 2.05) is 0 Å². The molecule has 2 saturated heterocycles. The average Bonchev–Trinajstić information content (AvgIpc) is 2.29. The Kier molecular flexibility index (Phi) is 4.11. The molecule has 0 bridgehead atoms. The number of likely N-dealkylation sites (tertiary alicyclic amines) is 1. The van der Waals surface area contributed by atoms with Crippen LogP contribution in [0.4, 0.5) is 0 Å². The number of nitrogens with two attached hydrogens (primary N) is 1. The molecule has 2 unspecified atom stereocenters. The number of piperidine rings is 1. The van der Waals surface area contributed by atoms with Crippen molar-refractivity contribution < 1.29 is 0 Å². The normalized spacial score (nSPS) is 39.2. The van der Waals surface area contributed by atoms with Gasteiger partial charge in [-0.15, -0.1) is 0 Å². The van der Waals surface area contributed by atoms with Crippen LogP contribution in [0.5, 0.6) is 0 Å². The molecule has 2 rings (SSSR count). The molecule has 2 aliphatic rings. The molecule has 0 aromatic heterocycles. The van der Waals surface area contributed by atoms with E-state index in [0.29, 0.717) is 5.41 Å². The maximum Gasteiger partial charge on any atom is 0.0473 e. The summed E-state index contributed by atoms with van der Waals surface area (Å²) in [6.45, 7) is 10.6. The van der Waals surface area contributed by atoms with E-state index in [4.69, 9.17) is 5.73 Å². The molecule has 17 heavy (non-hydrogen) atoms. The molecule has 2 fully saturated rings. The number of hydrogen-bond acceptors (Lipinski definition) is 3. The highest BCUT2D eigenvalue weighted by atomic mass is 32.2. The molecule has 100 valence electrons. The van der Waals surface area contributed by atoms with E-state index in [1.165, 1.54) is 43.9 Å². The van der Waals surface area contributed by atoms with Crippen LogP contribution < -0.4 is 5.73 Å². The third kappa shape index (κ3) is 2.39. The summed E-state index contributed by atoms with van der Waals surface area (Å²) in [6, 6.07) is 0. The minimum atomic E-state index is 0.241. The Morgan fingerprint density at radius 1 is 1.41 bits per heavy atom. The monoisotopic (exact) mass is 256 g/mol. The Bertz CT molecular complexity index is 267. The van der Waals surface area contributed by atoms with Crippen molar-refractivity contribution in [3.63, 3.8) is 0 Å². The van der Waals surface area contributed by atoms with Crippen molar-refractivity contribution in [2.24, 2.45) is 17.1 Å². The van der Waals surface area contributed by atoms with Gasteiger partial charge < -0.3 is 5.73 Å². The zero-order valence-electron chi connectivity index (χ0n) is 11.7. The Hall–Kier alpha value is 0.270. The van der Waals surface area contributed by atoms with Crippen LogP contribution in [0.25, 0.3) is 0 Å². The largest absolute Gasteiger partial charge is 0.329 e. The van der Waals surface area contributed by atoms with Crippen LogP contribution in [-0.4, -0.2) is 41.6 Å². The molecule has 0 aromatic rings. The molecular weight excluding hydrogens is 228 g/mol. The topological polar surface area (TPSA) is 29.3 Å². The predicted molar refractivity (Wildman–Crippen MR) is 77.5 cm³/mol. The van der Waals surface area contributed by atoms with Gasteiger partial charge in [-0.1, -0.05) is 20.8 Å². The van der Waals surface area contributed by atoms with Crippen molar-refractivity contribution >= 4 is 11.8 Å². The lowest BCUT2D eigenvalue weighted by Gasteiger charge is -2.57. The maximum absolute atomic E-state index is 6.24. The third-order valence-corrected chi connectivity index (χ3v) is 6.25. The molecule has 2 nitrogen and oxygen atoms in total. The molecule has 0 radical (unpaired) electrons. The lowest BCUT2D eigenvalue weighted by atomic mass is 9.69. The van der Waals surface area contributed by atoms with Gasteiger partial charge in [0.1, 0.15) is 0 Å². The second-order valence-corrected chi connectivity index (χ2v) is 7.72. The summed E-state index contributed by atoms with van der Waals surface area (Å²) >= 11 is 2.10. The molecule has 0 amide bonds. The lowest BCUT2D eigenvalue weighted by Crippen LogP contribution is -2.67. The molecular formula is C14H28N2S. The van der Waals surface area contributed by atoms with Gasteiger partial charge in [0.25, 0.3) is 0 Å². The van der Waals surface area contributed by atoms with E-state index in [2.05, 4.69) is 37.4 Å². The molecule has 2 aliphatic heterocycles. The molecule has 0 saturated carbocycles. The van der Waals surface area contributed by atoms with Crippen LogP contribution >= 0.6 is 11.8 Å². The summed E-state index contributed by atoms with van der Waals surface area (Å²) in [6.07, 6.45) is 4.05. The molecule has 2 heterocycles. The van der Waals surface area contributed by atoms with Gasteiger partial charge in [0.05, 0.1) is 0 Å². The fraction of sp³-hybridized carbons (Fsp3) is 1.00. The van der Waals surface area contributed by atoms with Gasteiger partial charge in [-0.2, -0.15) is 11.8 Å². The lowest BCUT2D eigenvalue weighted by molar-refractivity contribution is -0.0222. The fourth-order valence-electron chi connectivity index (χ4n) is 3.56. The minimum absolute atomic E-state index is 0.241. The zero-order chi connectivity index (χ0) is 12.5. The van der Waals surface area contributed by atoms with Crippen LogP contribution in [0.15, 0.2) is 0 Å². The Balaban J connectivity index is 2.22. The number of thioether (sulfide) groups is 1. The van der Waals surface area contributed by atoms with E-state index in [1.54, 1.807) is 0 Å². The Labute approximate surface area is 111 Å². The van der Waals surface area contributed by atoms with Gasteiger partial charge in [0, 0.05) is 24.4 Å². The van der Waals surface area contributed by atoms with E-state index < -0.39 is 0 Å². The van der Waals surface area contributed by atoms with Crippen LogP contribution in [-0.2, 0) is 0 Å². The van der Waals surface area contributed by atoms with Crippen molar-refractivity contribution in [2.45, 2.75) is 45.6 Å². The summed E-state index contributed by atoms with van der Waals surface area (Å²) in [5, 5.41) is 0. The summed E-state index contributed by atoms with van der Waals surface area (Å²) < 4.78 is 0. The summed E-state index contributed by atoms with van der Waals surface area (Å²) in [7, 11) is 0. The SMILES string of the molecule is CC1CCCN(C2(CN)CSCCC2(C)C)C1. The highest BCUT2D eigenvalue weighted by Crippen LogP contribution is 2.46. The van der Waals surface area contributed by atoms with Crippen molar-refractivity contribution in [1.29, 1.82) is 0 Å². The maximum atomic E-state index is 6.24. The van der Waals surface area contributed by atoms with Gasteiger partial charge in [0.2, 0.25) is 0 Å². The quantitative estimate of drug-likeness (QED) is 0.823. The van der Waals surface area contributed by atoms with E-state index in [-0.39, 0.29) is 5.54 Å². The van der Waals surface area contributed by atoms with Gasteiger partial charge in [-0.25, -0.2) is 0 Å². The molecule has 0 aliphatic carbocycles. The van der Waals surface area contributed by atoms with Crippen LogP contribution in [0.1, 0.15) is 40.0 Å². The van der Waals surface area contributed by atoms with Crippen molar-refractivity contribution in [2.75, 3.05) is 31.1 Å². The van der Waals surface area contributed by atoms with Crippen LogP contribution in [0.3, 0.4) is 0 Å². The summed E-state index contributed by atoms with van der Waals surface area (Å²) in [5.74, 6) is 3.37. The van der Waals surface area contributed by atoms with Crippen molar-refractivity contribution in [3.8, 4) is 0 Å². The van der Waals surface area contributed by atoms with E-state index in [9.17, 15) is 0 Å². The molecule has 0 spiro atoms. The summed E-state index contributed by atoms with van der Waals surface area (Å²) in [5.41, 5.74) is 6.84. The zero-order valence-corrected chi connectivity index (χ0v) is 12.5. The molecule has 3 heteroatoms. The molecule has 0 aromatic carbocycles. The molecule has 2 N–H and O–H groups in total. The smallest absolute Gasteiger partial charge is 0.0473 e. The fourth-order valence-corrected chi connectivity index (χ4v) is 5.39. The number of nitrogens with zero attached hydrogens (tertiary/aromatic N) is 1. The average molecular weight is 256 g/mol. The second kappa shape index (κ2) is 5.10. The Morgan fingerprint density at radius 2 is 2.18 bits per heavy atom. The van der Waals surface area contributed by atoms with Crippen LogP contribution in [0.2, 0.25) is 0 Å².